The molecule has 34 heavy (non-hydrogen) atoms. The van der Waals surface area contributed by atoms with E-state index >= 15 is 0 Å². The lowest BCUT2D eigenvalue weighted by atomic mass is 9.86. The van der Waals surface area contributed by atoms with Crippen molar-refractivity contribution in [2.45, 2.75) is 31.5 Å². The molecule has 2 aliphatic heterocycles. The summed E-state index contributed by atoms with van der Waals surface area (Å²) in [5, 5.41) is 23.6. The molecular weight excluding hydrogens is 446 g/mol. The van der Waals surface area contributed by atoms with E-state index in [1.54, 1.807) is 24.3 Å². The molecule has 1 saturated heterocycles. The Morgan fingerprint density at radius 3 is 2.53 bits per heavy atom. The van der Waals surface area contributed by atoms with E-state index in [9.17, 15) is 29.6 Å². The van der Waals surface area contributed by atoms with Crippen LogP contribution in [0.15, 0.2) is 66.1 Å². The second-order valence-corrected chi connectivity index (χ2v) is 7.76. The molecular formula is C23H21N3O8. The number of hydrogen-bond donors (Lipinski definition) is 2. The van der Waals surface area contributed by atoms with E-state index in [2.05, 4.69) is 5.32 Å². The molecule has 2 amide bonds. The second kappa shape index (κ2) is 9.61. The van der Waals surface area contributed by atoms with Crippen LogP contribution in [0.1, 0.15) is 18.4 Å². The van der Waals surface area contributed by atoms with Crippen molar-refractivity contribution in [3.63, 3.8) is 0 Å². The summed E-state index contributed by atoms with van der Waals surface area (Å²) in [4.78, 5) is 48.9. The number of esters is 1. The standard InChI is InChI=1S/C23H21N3O8/c27-18-11-10-17-20(24-19(28)13-33-16-4-2-1-3-5-16)22(29)25(17)21(18)23(30)34-12-14-6-8-15(9-7-14)26(31)32/h1-9,17,20,27H,10-13H2,(H,24,28)/t17-,20+/m1/s1. The molecule has 2 atom stereocenters. The van der Waals surface area contributed by atoms with Crippen LogP contribution in [-0.2, 0) is 25.7 Å². The molecule has 0 bridgehead atoms. The highest BCUT2D eigenvalue weighted by Gasteiger charge is 2.54. The zero-order valence-electron chi connectivity index (χ0n) is 17.9. The molecule has 0 aliphatic carbocycles. The molecule has 2 aliphatic rings. The van der Waals surface area contributed by atoms with Crippen LogP contribution < -0.4 is 10.1 Å². The Morgan fingerprint density at radius 1 is 1.15 bits per heavy atom. The van der Waals surface area contributed by atoms with Gasteiger partial charge in [-0.15, -0.1) is 0 Å². The van der Waals surface area contributed by atoms with E-state index in [1.807, 2.05) is 6.07 Å². The number of nitrogens with one attached hydrogen (secondary N) is 1. The number of para-hydroxylation sites is 1. The van der Waals surface area contributed by atoms with Gasteiger partial charge in [0.15, 0.2) is 12.3 Å². The quantitative estimate of drug-likeness (QED) is 0.259. The molecule has 2 heterocycles. The van der Waals surface area contributed by atoms with Crippen LogP contribution >= 0.6 is 0 Å². The topological polar surface area (TPSA) is 148 Å². The number of rotatable bonds is 8. The number of aliphatic hydroxyl groups is 1. The smallest absolute Gasteiger partial charge is 0.358 e. The van der Waals surface area contributed by atoms with Crippen molar-refractivity contribution in [2.75, 3.05) is 6.61 Å². The highest BCUT2D eigenvalue weighted by molar-refractivity contribution is 6.02. The monoisotopic (exact) mass is 467 g/mol. The minimum atomic E-state index is -0.897. The molecule has 0 aromatic heterocycles. The normalized spacial score (nSPS) is 19.1. The van der Waals surface area contributed by atoms with E-state index in [4.69, 9.17) is 9.47 Å². The van der Waals surface area contributed by atoms with Crippen molar-refractivity contribution in [1.29, 1.82) is 0 Å². The number of ether oxygens (including phenoxy) is 2. The fourth-order valence-electron chi connectivity index (χ4n) is 3.84. The predicted octanol–water partition coefficient (Wildman–Crippen LogP) is 1.98. The van der Waals surface area contributed by atoms with Gasteiger partial charge in [-0.25, -0.2) is 4.79 Å². The number of aliphatic hydroxyl groups excluding tert-OH is 1. The number of nitro benzene ring substituents is 1. The molecule has 0 unspecified atom stereocenters. The molecule has 4 rings (SSSR count). The Balaban J connectivity index is 1.34. The Labute approximate surface area is 193 Å². The molecule has 176 valence electrons. The average Bonchev–Trinajstić information content (AvgIpc) is 2.85. The van der Waals surface area contributed by atoms with E-state index in [1.165, 1.54) is 24.3 Å². The number of non-ortho nitro benzene ring substituents is 1. The van der Waals surface area contributed by atoms with Crippen LogP contribution in [0, 0.1) is 10.1 Å². The lowest BCUT2D eigenvalue weighted by Gasteiger charge is -2.49. The molecule has 0 spiro atoms. The SMILES string of the molecule is O=C(COc1ccccc1)N[C@@H]1C(=O)N2C(C(=O)OCc3ccc([N+](=O)[O-])cc3)=C(O)CC[C@H]12. The number of β-lactam (4-membered cyclic amide) rings is 1. The second-order valence-electron chi connectivity index (χ2n) is 7.76. The van der Waals surface area contributed by atoms with Gasteiger partial charge in [0.25, 0.3) is 17.5 Å². The third-order valence-corrected chi connectivity index (χ3v) is 5.55. The first kappa shape index (κ1) is 22.8. The fourth-order valence-corrected chi connectivity index (χ4v) is 3.84. The Kier molecular flexibility index (Phi) is 6.44. The summed E-state index contributed by atoms with van der Waals surface area (Å²) in [6.45, 7) is -0.469. The van der Waals surface area contributed by atoms with Gasteiger partial charge < -0.3 is 19.9 Å². The number of carbonyl (C=O) groups is 3. The Morgan fingerprint density at radius 2 is 1.85 bits per heavy atom. The maximum absolute atomic E-state index is 12.7. The number of nitrogens with zero attached hydrogens (tertiary/aromatic N) is 2. The molecule has 1 fully saturated rings. The van der Waals surface area contributed by atoms with E-state index in [0.717, 1.165) is 4.90 Å². The van der Waals surface area contributed by atoms with Crippen LogP contribution in [0.2, 0.25) is 0 Å². The highest BCUT2D eigenvalue weighted by atomic mass is 16.6. The van der Waals surface area contributed by atoms with Gasteiger partial charge in [-0.3, -0.25) is 24.6 Å². The lowest BCUT2D eigenvalue weighted by Crippen LogP contribution is -2.72. The first-order valence-electron chi connectivity index (χ1n) is 10.5. The molecule has 0 radical (unpaired) electrons. The van der Waals surface area contributed by atoms with E-state index in [-0.39, 0.29) is 36.8 Å². The summed E-state index contributed by atoms with van der Waals surface area (Å²) in [6, 6.07) is 12.9. The number of carbonyl (C=O) groups excluding carboxylic acids is 3. The third kappa shape index (κ3) is 4.68. The fraction of sp³-hybridized carbons (Fsp3) is 0.261. The predicted molar refractivity (Wildman–Crippen MR) is 116 cm³/mol. The van der Waals surface area contributed by atoms with Gasteiger partial charge in [-0.05, 0) is 36.2 Å². The summed E-state index contributed by atoms with van der Waals surface area (Å²) in [7, 11) is 0. The molecule has 2 aromatic rings. The van der Waals surface area contributed by atoms with Crippen LogP contribution in [0.3, 0.4) is 0 Å². The van der Waals surface area contributed by atoms with Crippen LogP contribution in [-0.4, -0.2) is 51.4 Å². The molecule has 0 saturated carbocycles. The van der Waals surface area contributed by atoms with Crippen molar-refractivity contribution in [1.82, 2.24) is 10.2 Å². The van der Waals surface area contributed by atoms with E-state index < -0.39 is 34.8 Å². The van der Waals surface area contributed by atoms with Crippen molar-refractivity contribution in [3.05, 3.63) is 81.7 Å². The number of allylic oxidation sites excluding steroid dienone is 1. The molecule has 11 heteroatoms. The van der Waals surface area contributed by atoms with E-state index in [0.29, 0.717) is 17.7 Å². The lowest BCUT2D eigenvalue weighted by molar-refractivity contribution is -0.384. The van der Waals surface area contributed by atoms with Gasteiger partial charge >= 0.3 is 5.97 Å². The van der Waals surface area contributed by atoms with Gasteiger partial charge in [-0.1, -0.05) is 18.2 Å². The minimum Gasteiger partial charge on any atom is -0.510 e. The van der Waals surface area contributed by atoms with Gasteiger partial charge in [0.2, 0.25) is 0 Å². The first-order valence-corrected chi connectivity index (χ1v) is 10.5. The summed E-state index contributed by atoms with van der Waals surface area (Å²) in [5.41, 5.74) is 0.151. The van der Waals surface area contributed by atoms with Gasteiger partial charge in [0.05, 0.1) is 11.0 Å². The first-order chi connectivity index (χ1) is 16.3. The van der Waals surface area contributed by atoms with Crippen LogP contribution in [0.4, 0.5) is 5.69 Å². The summed E-state index contributed by atoms with van der Waals surface area (Å²) < 4.78 is 10.6. The third-order valence-electron chi connectivity index (χ3n) is 5.55. The van der Waals surface area contributed by atoms with Crippen LogP contribution in [0.5, 0.6) is 5.75 Å². The number of nitro groups is 1. The largest absolute Gasteiger partial charge is 0.510 e. The van der Waals surface area contributed by atoms with Crippen molar-refractivity contribution < 1.29 is 33.9 Å². The average molecular weight is 467 g/mol. The van der Waals surface area contributed by atoms with Gasteiger partial charge in [0, 0.05) is 18.6 Å². The number of benzene rings is 2. The maximum Gasteiger partial charge on any atom is 0.358 e. The molecule has 2 aromatic carbocycles. The molecule has 2 N–H and O–H groups in total. The van der Waals surface area contributed by atoms with Gasteiger partial charge in [0.1, 0.15) is 24.2 Å². The Hall–Kier alpha value is -4.41. The Bertz CT molecular complexity index is 1150. The molecule has 11 nitrogen and oxygen atoms in total. The number of amides is 2. The number of hydrogen-bond acceptors (Lipinski definition) is 8. The van der Waals surface area contributed by atoms with Crippen molar-refractivity contribution in [3.8, 4) is 5.75 Å². The number of fused-ring (bicyclic) bond motifs is 1. The zero-order valence-corrected chi connectivity index (χ0v) is 17.9. The summed E-state index contributed by atoms with van der Waals surface area (Å²) >= 11 is 0. The van der Waals surface area contributed by atoms with Crippen molar-refractivity contribution >= 4 is 23.5 Å². The van der Waals surface area contributed by atoms with Crippen molar-refractivity contribution in [2.24, 2.45) is 0 Å². The van der Waals surface area contributed by atoms with Gasteiger partial charge in [-0.2, -0.15) is 0 Å². The maximum atomic E-state index is 12.7. The summed E-state index contributed by atoms with van der Waals surface area (Å²) in [5.74, 6) is -1.67. The zero-order chi connectivity index (χ0) is 24.2. The minimum absolute atomic E-state index is 0.0982. The highest BCUT2D eigenvalue weighted by Crippen LogP contribution is 2.36. The summed E-state index contributed by atoms with van der Waals surface area (Å²) in [6.07, 6.45) is 0.504. The van der Waals surface area contributed by atoms with Crippen LogP contribution in [0.25, 0.3) is 0 Å².